The Bertz CT molecular complexity index is 866. The third kappa shape index (κ3) is 3.87. The van der Waals surface area contributed by atoms with Gasteiger partial charge in [0.1, 0.15) is 10.6 Å². The predicted octanol–water partition coefficient (Wildman–Crippen LogP) is 3.51. The lowest BCUT2D eigenvalue weighted by Gasteiger charge is -2.35. The molecule has 0 radical (unpaired) electrons. The van der Waals surface area contributed by atoms with Crippen molar-refractivity contribution in [2.75, 3.05) is 38.2 Å². The molecule has 0 aliphatic carbocycles. The molecule has 0 spiro atoms. The molecule has 0 bridgehead atoms. The summed E-state index contributed by atoms with van der Waals surface area (Å²) in [5.41, 5.74) is 1.01. The molecule has 0 saturated carbocycles. The van der Waals surface area contributed by atoms with Gasteiger partial charge in [0.05, 0.1) is 12.1 Å². The second kappa shape index (κ2) is 7.41. The van der Waals surface area contributed by atoms with Gasteiger partial charge in [-0.2, -0.15) is 4.31 Å². The van der Waals surface area contributed by atoms with Gasteiger partial charge in [0, 0.05) is 43.0 Å². The van der Waals surface area contributed by atoms with Gasteiger partial charge in [-0.25, -0.2) is 8.42 Å². The van der Waals surface area contributed by atoms with Crippen LogP contribution in [0.15, 0.2) is 47.4 Å². The predicted molar refractivity (Wildman–Crippen MR) is 100 cm³/mol. The molecule has 0 N–H and O–H groups in total. The van der Waals surface area contributed by atoms with Crippen LogP contribution in [0.25, 0.3) is 0 Å². The fourth-order valence-corrected chi connectivity index (χ4v) is 4.99. The van der Waals surface area contributed by atoms with E-state index in [1.807, 2.05) is 24.3 Å². The summed E-state index contributed by atoms with van der Waals surface area (Å²) >= 11 is 11.9. The number of anilines is 1. The Labute approximate surface area is 157 Å². The number of hydrogen-bond acceptors (Lipinski definition) is 4. The highest BCUT2D eigenvalue weighted by atomic mass is 35.5. The summed E-state index contributed by atoms with van der Waals surface area (Å²) in [7, 11) is -2.01. The maximum Gasteiger partial charge on any atom is 0.244 e. The zero-order valence-electron chi connectivity index (χ0n) is 13.7. The van der Waals surface area contributed by atoms with E-state index < -0.39 is 10.0 Å². The molecule has 1 aliphatic heterocycles. The highest BCUT2D eigenvalue weighted by Crippen LogP contribution is 2.29. The molecule has 8 heteroatoms. The minimum absolute atomic E-state index is 0.0911. The molecular formula is C17H18Cl2N2O3S. The highest BCUT2D eigenvalue weighted by Gasteiger charge is 2.30. The normalized spacial score (nSPS) is 16.0. The van der Waals surface area contributed by atoms with Crippen LogP contribution in [0.1, 0.15) is 0 Å². The van der Waals surface area contributed by atoms with E-state index in [9.17, 15) is 8.42 Å². The van der Waals surface area contributed by atoms with Crippen molar-refractivity contribution < 1.29 is 13.2 Å². The lowest BCUT2D eigenvalue weighted by atomic mass is 10.2. The van der Waals surface area contributed by atoms with Crippen LogP contribution in [-0.2, 0) is 10.0 Å². The summed E-state index contributed by atoms with van der Waals surface area (Å²) < 4.78 is 32.3. The summed E-state index contributed by atoms with van der Waals surface area (Å²) in [5.74, 6) is 0.778. The first-order valence-electron chi connectivity index (χ1n) is 7.76. The quantitative estimate of drug-likeness (QED) is 0.787. The van der Waals surface area contributed by atoms with E-state index >= 15 is 0 Å². The van der Waals surface area contributed by atoms with Gasteiger partial charge in [-0.1, -0.05) is 29.3 Å². The number of benzene rings is 2. The van der Waals surface area contributed by atoms with Crippen molar-refractivity contribution in [3.05, 3.63) is 52.5 Å². The monoisotopic (exact) mass is 400 g/mol. The molecule has 1 aliphatic rings. The van der Waals surface area contributed by atoms with E-state index in [1.165, 1.54) is 22.5 Å². The van der Waals surface area contributed by atoms with Crippen molar-refractivity contribution >= 4 is 38.9 Å². The number of nitrogens with zero attached hydrogens (tertiary/aromatic N) is 2. The first kappa shape index (κ1) is 18.3. The van der Waals surface area contributed by atoms with Crippen molar-refractivity contribution in [2.24, 2.45) is 0 Å². The fraction of sp³-hybridized carbons (Fsp3) is 0.294. The topological polar surface area (TPSA) is 49.9 Å². The third-order valence-electron chi connectivity index (χ3n) is 4.17. The fourth-order valence-electron chi connectivity index (χ4n) is 2.82. The van der Waals surface area contributed by atoms with Gasteiger partial charge in [0.25, 0.3) is 0 Å². The zero-order chi connectivity index (χ0) is 18.0. The largest absolute Gasteiger partial charge is 0.497 e. The Morgan fingerprint density at radius 2 is 1.72 bits per heavy atom. The molecule has 0 unspecified atom stereocenters. The average molecular weight is 401 g/mol. The standard InChI is InChI=1S/C17H18Cl2N2O3S/c1-24-15-4-2-3-14(12-15)20-7-9-21(10-8-20)25(22,23)17-6-5-13(18)11-16(17)19/h2-6,11-12H,7-10H2,1H3. The minimum Gasteiger partial charge on any atom is -0.497 e. The average Bonchev–Trinajstić information content (AvgIpc) is 2.61. The molecular weight excluding hydrogens is 383 g/mol. The van der Waals surface area contributed by atoms with Crippen LogP contribution in [0.3, 0.4) is 0 Å². The van der Waals surface area contributed by atoms with E-state index in [0.717, 1.165) is 11.4 Å². The second-order valence-corrected chi connectivity index (χ2v) is 8.42. The Balaban J connectivity index is 1.75. The van der Waals surface area contributed by atoms with Crippen LogP contribution in [0.4, 0.5) is 5.69 Å². The van der Waals surface area contributed by atoms with Crippen LogP contribution in [0.2, 0.25) is 10.0 Å². The summed E-state index contributed by atoms with van der Waals surface area (Å²) in [6.07, 6.45) is 0. The van der Waals surface area contributed by atoms with Crippen LogP contribution in [-0.4, -0.2) is 46.0 Å². The van der Waals surface area contributed by atoms with Crippen LogP contribution < -0.4 is 9.64 Å². The molecule has 2 aromatic carbocycles. The lowest BCUT2D eigenvalue weighted by molar-refractivity contribution is 0.384. The number of ether oxygens (including phenoxy) is 1. The summed E-state index contributed by atoms with van der Waals surface area (Å²) in [5, 5.41) is 0.550. The molecule has 25 heavy (non-hydrogen) atoms. The van der Waals surface area contributed by atoms with E-state index in [-0.39, 0.29) is 9.92 Å². The number of sulfonamides is 1. The molecule has 0 atom stereocenters. The van der Waals surface area contributed by atoms with Gasteiger partial charge in [-0.15, -0.1) is 0 Å². The summed E-state index contributed by atoms with van der Waals surface area (Å²) in [6.45, 7) is 1.96. The minimum atomic E-state index is -3.64. The highest BCUT2D eigenvalue weighted by molar-refractivity contribution is 7.89. The summed E-state index contributed by atoms with van der Waals surface area (Å²) in [6, 6.07) is 12.2. The Hall–Kier alpha value is -1.47. The van der Waals surface area contributed by atoms with E-state index in [2.05, 4.69) is 4.90 Å². The Morgan fingerprint density at radius 1 is 1.00 bits per heavy atom. The Morgan fingerprint density at radius 3 is 2.36 bits per heavy atom. The van der Waals surface area contributed by atoms with Gasteiger partial charge in [0.15, 0.2) is 0 Å². The number of halogens is 2. The lowest BCUT2D eigenvalue weighted by Crippen LogP contribution is -2.48. The number of methoxy groups -OCH3 is 1. The molecule has 2 aromatic rings. The van der Waals surface area contributed by atoms with Crippen LogP contribution >= 0.6 is 23.2 Å². The first-order valence-corrected chi connectivity index (χ1v) is 9.95. The van der Waals surface area contributed by atoms with Crippen molar-refractivity contribution in [1.82, 2.24) is 4.31 Å². The number of rotatable bonds is 4. The molecule has 1 saturated heterocycles. The molecule has 134 valence electrons. The SMILES string of the molecule is COc1cccc(N2CCN(S(=O)(=O)c3ccc(Cl)cc3Cl)CC2)c1. The van der Waals surface area contributed by atoms with Crippen molar-refractivity contribution in [2.45, 2.75) is 4.90 Å². The van der Waals surface area contributed by atoms with Crippen LogP contribution in [0, 0.1) is 0 Å². The van der Waals surface area contributed by atoms with Crippen molar-refractivity contribution in [1.29, 1.82) is 0 Å². The molecule has 0 amide bonds. The number of piperazine rings is 1. The molecule has 1 heterocycles. The molecule has 1 fully saturated rings. The smallest absolute Gasteiger partial charge is 0.244 e. The maximum absolute atomic E-state index is 12.8. The van der Waals surface area contributed by atoms with Gasteiger partial charge in [-0.3, -0.25) is 0 Å². The second-order valence-electron chi connectivity index (χ2n) is 5.67. The van der Waals surface area contributed by atoms with Gasteiger partial charge < -0.3 is 9.64 Å². The Kier molecular flexibility index (Phi) is 5.43. The van der Waals surface area contributed by atoms with E-state index in [4.69, 9.17) is 27.9 Å². The van der Waals surface area contributed by atoms with Crippen molar-refractivity contribution in [3.8, 4) is 5.75 Å². The van der Waals surface area contributed by atoms with E-state index in [0.29, 0.717) is 31.2 Å². The third-order valence-corrected chi connectivity index (χ3v) is 6.79. The molecule has 0 aromatic heterocycles. The maximum atomic E-state index is 12.8. The van der Waals surface area contributed by atoms with Gasteiger partial charge in [0.2, 0.25) is 10.0 Å². The molecule has 5 nitrogen and oxygen atoms in total. The van der Waals surface area contributed by atoms with Gasteiger partial charge in [-0.05, 0) is 30.3 Å². The molecule has 3 rings (SSSR count). The van der Waals surface area contributed by atoms with Gasteiger partial charge >= 0.3 is 0 Å². The van der Waals surface area contributed by atoms with E-state index in [1.54, 1.807) is 7.11 Å². The summed E-state index contributed by atoms with van der Waals surface area (Å²) in [4.78, 5) is 2.23. The first-order chi connectivity index (χ1) is 11.9. The van der Waals surface area contributed by atoms with Crippen LogP contribution in [0.5, 0.6) is 5.75 Å². The van der Waals surface area contributed by atoms with Crippen molar-refractivity contribution in [3.63, 3.8) is 0 Å². The number of hydrogen-bond donors (Lipinski definition) is 0. The zero-order valence-corrected chi connectivity index (χ0v) is 16.0.